The van der Waals surface area contributed by atoms with E-state index < -0.39 is 0 Å². The molecule has 0 N–H and O–H groups in total. The highest BCUT2D eigenvalue weighted by atomic mass is 127. The standard InChI is InChI=1S/C18H11IN2OS/c19-12-5-7-13(8-6-12)20-17-15-3-1-2-4-16(15)21(18(17)22)14-9-10-23-11-14/h1-11H. The number of hydrogen-bond acceptors (Lipinski definition) is 3. The molecule has 0 atom stereocenters. The van der Waals surface area contributed by atoms with Gasteiger partial charge in [-0.1, -0.05) is 18.2 Å². The number of thiophene rings is 1. The zero-order valence-corrected chi connectivity index (χ0v) is 14.9. The number of para-hydroxylation sites is 1. The number of carbonyl (C=O) groups is 1. The number of aliphatic imine (C=N–C) groups is 1. The Labute approximate surface area is 151 Å². The summed E-state index contributed by atoms with van der Waals surface area (Å²) in [7, 11) is 0. The number of benzene rings is 2. The van der Waals surface area contributed by atoms with Crippen LogP contribution in [0.3, 0.4) is 0 Å². The molecular weight excluding hydrogens is 419 g/mol. The second-order valence-corrected chi connectivity index (χ2v) is 7.10. The molecule has 0 radical (unpaired) electrons. The highest BCUT2D eigenvalue weighted by Crippen LogP contribution is 2.37. The number of halogens is 1. The minimum atomic E-state index is -0.0804. The number of fused-ring (bicyclic) bond motifs is 1. The maximum absolute atomic E-state index is 12.9. The zero-order valence-electron chi connectivity index (χ0n) is 11.9. The topological polar surface area (TPSA) is 32.7 Å². The van der Waals surface area contributed by atoms with E-state index in [-0.39, 0.29) is 5.91 Å². The van der Waals surface area contributed by atoms with Crippen LogP contribution in [0.1, 0.15) is 5.56 Å². The second-order valence-electron chi connectivity index (χ2n) is 5.08. The predicted molar refractivity (Wildman–Crippen MR) is 103 cm³/mol. The fourth-order valence-corrected chi connectivity index (χ4v) is 3.57. The van der Waals surface area contributed by atoms with Gasteiger partial charge in [0.25, 0.3) is 5.91 Å². The molecule has 0 spiro atoms. The van der Waals surface area contributed by atoms with Gasteiger partial charge in [0, 0.05) is 14.5 Å². The van der Waals surface area contributed by atoms with Crippen molar-refractivity contribution in [3.63, 3.8) is 0 Å². The summed E-state index contributed by atoms with van der Waals surface area (Å²) in [6, 6.07) is 17.6. The Morgan fingerprint density at radius 3 is 2.52 bits per heavy atom. The van der Waals surface area contributed by atoms with Crippen LogP contribution >= 0.6 is 33.9 Å². The number of carbonyl (C=O) groups excluding carboxylic acids is 1. The molecule has 3 nitrogen and oxygen atoms in total. The van der Waals surface area contributed by atoms with Crippen molar-refractivity contribution < 1.29 is 4.79 Å². The van der Waals surface area contributed by atoms with Gasteiger partial charge >= 0.3 is 0 Å². The zero-order chi connectivity index (χ0) is 15.8. The molecular formula is C18H11IN2OS. The monoisotopic (exact) mass is 430 g/mol. The summed E-state index contributed by atoms with van der Waals surface area (Å²) in [4.78, 5) is 19.3. The Kier molecular flexibility index (Phi) is 3.74. The van der Waals surface area contributed by atoms with E-state index in [1.54, 1.807) is 16.2 Å². The lowest BCUT2D eigenvalue weighted by molar-refractivity contribution is -0.111. The summed E-state index contributed by atoms with van der Waals surface area (Å²) in [5, 5.41) is 3.95. The van der Waals surface area contributed by atoms with E-state index in [0.717, 1.165) is 26.2 Å². The van der Waals surface area contributed by atoms with Crippen molar-refractivity contribution in [1.82, 2.24) is 0 Å². The molecule has 2 heterocycles. The Morgan fingerprint density at radius 1 is 1.00 bits per heavy atom. The molecule has 0 saturated heterocycles. The lowest BCUT2D eigenvalue weighted by Crippen LogP contribution is -2.24. The number of hydrogen-bond donors (Lipinski definition) is 0. The first-order chi connectivity index (χ1) is 11.2. The lowest BCUT2D eigenvalue weighted by Gasteiger charge is -2.14. The van der Waals surface area contributed by atoms with Gasteiger partial charge in [-0.15, -0.1) is 0 Å². The highest BCUT2D eigenvalue weighted by molar-refractivity contribution is 14.1. The Bertz CT molecular complexity index is 901. The molecule has 1 amide bonds. The van der Waals surface area contributed by atoms with Gasteiger partial charge in [-0.2, -0.15) is 11.3 Å². The largest absolute Gasteiger partial charge is 0.282 e. The molecule has 4 rings (SSSR count). The summed E-state index contributed by atoms with van der Waals surface area (Å²) in [5.41, 5.74) is 3.94. The molecule has 0 aliphatic carbocycles. The van der Waals surface area contributed by atoms with E-state index in [2.05, 4.69) is 27.6 Å². The van der Waals surface area contributed by atoms with Crippen LogP contribution in [0.4, 0.5) is 17.1 Å². The fourth-order valence-electron chi connectivity index (χ4n) is 2.59. The van der Waals surface area contributed by atoms with E-state index in [0.29, 0.717) is 5.71 Å². The quantitative estimate of drug-likeness (QED) is 0.518. The van der Waals surface area contributed by atoms with Crippen molar-refractivity contribution in [2.45, 2.75) is 0 Å². The Hall–Kier alpha value is -1.99. The van der Waals surface area contributed by atoms with Crippen LogP contribution in [-0.4, -0.2) is 11.6 Å². The molecule has 1 aliphatic heterocycles. The van der Waals surface area contributed by atoms with E-state index in [9.17, 15) is 4.79 Å². The van der Waals surface area contributed by atoms with Gasteiger partial charge in [0.15, 0.2) is 0 Å². The van der Waals surface area contributed by atoms with Gasteiger partial charge in [-0.3, -0.25) is 9.69 Å². The van der Waals surface area contributed by atoms with Crippen LogP contribution in [0.5, 0.6) is 0 Å². The SMILES string of the molecule is O=C1C(=Nc2ccc(I)cc2)c2ccccc2N1c1ccsc1. The smallest absolute Gasteiger partial charge is 0.274 e. The molecule has 3 aromatic rings. The van der Waals surface area contributed by atoms with Gasteiger partial charge in [0.05, 0.1) is 17.1 Å². The summed E-state index contributed by atoms with van der Waals surface area (Å²) in [5.74, 6) is -0.0804. The maximum Gasteiger partial charge on any atom is 0.282 e. The minimum Gasteiger partial charge on any atom is -0.274 e. The first-order valence-corrected chi connectivity index (χ1v) is 9.06. The van der Waals surface area contributed by atoms with Gasteiger partial charge < -0.3 is 0 Å². The van der Waals surface area contributed by atoms with Crippen LogP contribution in [0, 0.1) is 3.57 Å². The molecule has 2 aromatic carbocycles. The maximum atomic E-state index is 12.9. The van der Waals surface area contributed by atoms with Crippen molar-refractivity contribution in [2.24, 2.45) is 4.99 Å². The highest BCUT2D eigenvalue weighted by Gasteiger charge is 2.34. The third-order valence-electron chi connectivity index (χ3n) is 3.64. The number of nitrogens with zero attached hydrogens (tertiary/aromatic N) is 2. The van der Waals surface area contributed by atoms with Crippen LogP contribution < -0.4 is 4.90 Å². The van der Waals surface area contributed by atoms with Gasteiger partial charge in [-0.25, -0.2) is 4.99 Å². The number of amides is 1. The van der Waals surface area contributed by atoms with E-state index in [1.807, 2.05) is 65.4 Å². The molecule has 1 aromatic heterocycles. The first kappa shape index (κ1) is 14.6. The summed E-state index contributed by atoms with van der Waals surface area (Å²) < 4.78 is 1.14. The van der Waals surface area contributed by atoms with E-state index >= 15 is 0 Å². The second kappa shape index (κ2) is 5.90. The van der Waals surface area contributed by atoms with Crippen LogP contribution in [0.25, 0.3) is 0 Å². The van der Waals surface area contributed by atoms with Gasteiger partial charge in [-0.05, 0) is 64.4 Å². The first-order valence-electron chi connectivity index (χ1n) is 7.04. The van der Waals surface area contributed by atoms with E-state index in [4.69, 9.17) is 0 Å². The van der Waals surface area contributed by atoms with E-state index in [1.165, 1.54) is 0 Å². The van der Waals surface area contributed by atoms with Crippen molar-refractivity contribution >= 4 is 62.6 Å². The van der Waals surface area contributed by atoms with Crippen molar-refractivity contribution in [3.05, 3.63) is 74.5 Å². The number of rotatable bonds is 2. The lowest BCUT2D eigenvalue weighted by atomic mass is 10.1. The normalized spacial score (nSPS) is 15.3. The molecule has 23 heavy (non-hydrogen) atoms. The minimum absolute atomic E-state index is 0.0804. The average molecular weight is 430 g/mol. The third-order valence-corrected chi connectivity index (χ3v) is 5.03. The molecule has 0 unspecified atom stereocenters. The predicted octanol–water partition coefficient (Wildman–Crippen LogP) is 5.15. The molecule has 1 aliphatic rings. The summed E-state index contributed by atoms with van der Waals surface area (Å²) >= 11 is 3.83. The van der Waals surface area contributed by atoms with Gasteiger partial charge in [0.1, 0.15) is 5.71 Å². The Balaban J connectivity index is 1.85. The molecule has 0 saturated carbocycles. The van der Waals surface area contributed by atoms with Crippen LogP contribution in [0.2, 0.25) is 0 Å². The van der Waals surface area contributed by atoms with Crippen molar-refractivity contribution in [3.8, 4) is 0 Å². The molecule has 5 heteroatoms. The molecule has 112 valence electrons. The summed E-state index contributed by atoms with van der Waals surface area (Å²) in [6.45, 7) is 0. The van der Waals surface area contributed by atoms with Crippen LogP contribution in [0.15, 0.2) is 70.3 Å². The van der Waals surface area contributed by atoms with Crippen LogP contribution in [-0.2, 0) is 4.79 Å². The van der Waals surface area contributed by atoms with Crippen molar-refractivity contribution in [2.75, 3.05) is 4.90 Å². The Morgan fingerprint density at radius 2 is 1.78 bits per heavy atom. The van der Waals surface area contributed by atoms with Gasteiger partial charge in [0.2, 0.25) is 0 Å². The van der Waals surface area contributed by atoms with Crippen molar-refractivity contribution in [1.29, 1.82) is 0 Å². The average Bonchev–Trinajstić information content (AvgIpc) is 3.17. The fraction of sp³-hybridized carbons (Fsp3) is 0. The molecule has 0 bridgehead atoms. The molecule has 0 fully saturated rings. The number of anilines is 2. The third kappa shape index (κ3) is 2.60. The summed E-state index contributed by atoms with van der Waals surface area (Å²) in [6.07, 6.45) is 0.